The summed E-state index contributed by atoms with van der Waals surface area (Å²) in [6, 6.07) is 0. The van der Waals surface area contributed by atoms with E-state index in [1.807, 2.05) is 6.08 Å². The largest absolute Gasteiger partial charge is 0.294 e. The lowest BCUT2D eigenvalue weighted by molar-refractivity contribution is -0.115. The topological polar surface area (TPSA) is 17.1 Å². The van der Waals surface area contributed by atoms with Gasteiger partial charge in [-0.2, -0.15) is 0 Å². The van der Waals surface area contributed by atoms with Crippen molar-refractivity contribution < 1.29 is 4.79 Å². The van der Waals surface area contributed by atoms with Gasteiger partial charge in [0.25, 0.3) is 0 Å². The van der Waals surface area contributed by atoms with Gasteiger partial charge in [-0.05, 0) is 36.8 Å². The molecule has 0 heterocycles. The molecule has 0 aromatic carbocycles. The molecule has 0 saturated heterocycles. The average molecular weight is 148 g/mol. The summed E-state index contributed by atoms with van der Waals surface area (Å²) >= 11 is 0. The number of Topliss-reactive ketones (excluding diaryl/α,β-unsaturated/α-hetero) is 1. The van der Waals surface area contributed by atoms with Crippen molar-refractivity contribution in [3.05, 3.63) is 23.3 Å². The van der Waals surface area contributed by atoms with E-state index < -0.39 is 0 Å². The lowest BCUT2D eigenvalue weighted by Gasteiger charge is -2.19. The van der Waals surface area contributed by atoms with Gasteiger partial charge in [0.15, 0.2) is 5.78 Å². The SMILES string of the molecule is O=C1CC=CC2=C1CCCC2. The lowest BCUT2D eigenvalue weighted by atomic mass is 9.85. The first-order valence-electron chi connectivity index (χ1n) is 4.30. The summed E-state index contributed by atoms with van der Waals surface area (Å²) in [6.07, 6.45) is 9.38. The Balaban J connectivity index is 2.35. The molecule has 0 aliphatic heterocycles. The summed E-state index contributed by atoms with van der Waals surface area (Å²) in [4.78, 5) is 11.3. The van der Waals surface area contributed by atoms with Gasteiger partial charge in [0.1, 0.15) is 0 Å². The van der Waals surface area contributed by atoms with Gasteiger partial charge >= 0.3 is 0 Å². The van der Waals surface area contributed by atoms with Gasteiger partial charge in [-0.3, -0.25) is 4.79 Å². The van der Waals surface area contributed by atoms with Gasteiger partial charge in [-0.15, -0.1) is 0 Å². The summed E-state index contributed by atoms with van der Waals surface area (Å²) < 4.78 is 0. The summed E-state index contributed by atoms with van der Waals surface area (Å²) in [6.45, 7) is 0. The van der Waals surface area contributed by atoms with Crippen LogP contribution in [0.25, 0.3) is 0 Å². The molecule has 0 N–H and O–H groups in total. The fraction of sp³-hybridized carbons (Fsp3) is 0.500. The van der Waals surface area contributed by atoms with Crippen LogP contribution in [0.1, 0.15) is 32.1 Å². The van der Waals surface area contributed by atoms with Gasteiger partial charge in [0.05, 0.1) is 0 Å². The first kappa shape index (κ1) is 6.84. The minimum absolute atomic E-state index is 0.363. The Morgan fingerprint density at radius 2 is 2.00 bits per heavy atom. The molecule has 58 valence electrons. The summed E-state index contributed by atoms with van der Waals surface area (Å²) in [5.41, 5.74) is 2.44. The first-order valence-corrected chi connectivity index (χ1v) is 4.30. The molecule has 0 atom stereocenters. The molecule has 0 radical (unpaired) electrons. The zero-order chi connectivity index (χ0) is 7.68. The summed E-state index contributed by atoms with van der Waals surface area (Å²) in [5, 5.41) is 0. The Kier molecular flexibility index (Phi) is 1.65. The Labute approximate surface area is 66.8 Å². The smallest absolute Gasteiger partial charge is 0.162 e. The Bertz CT molecular complexity index is 246. The molecule has 1 heteroatoms. The predicted octanol–water partition coefficient (Wildman–Crippen LogP) is 2.39. The number of allylic oxidation sites excluding steroid dienone is 4. The minimum Gasteiger partial charge on any atom is -0.294 e. The highest BCUT2D eigenvalue weighted by Crippen LogP contribution is 2.29. The van der Waals surface area contributed by atoms with Crippen LogP contribution >= 0.6 is 0 Å². The number of rotatable bonds is 0. The molecule has 2 aliphatic carbocycles. The van der Waals surface area contributed by atoms with Crippen LogP contribution in [-0.2, 0) is 4.79 Å². The Hall–Kier alpha value is -0.850. The van der Waals surface area contributed by atoms with E-state index in [1.54, 1.807) is 0 Å². The third-order valence-corrected chi connectivity index (χ3v) is 2.47. The molecule has 0 aromatic heterocycles. The molecule has 0 aromatic rings. The molecular formula is C10H12O. The van der Waals surface area contributed by atoms with Crippen LogP contribution < -0.4 is 0 Å². The fourth-order valence-electron chi connectivity index (χ4n) is 1.86. The number of hydrogen-bond donors (Lipinski definition) is 0. The predicted molar refractivity (Wildman–Crippen MR) is 44.3 cm³/mol. The van der Waals surface area contributed by atoms with Crippen molar-refractivity contribution >= 4 is 5.78 Å². The fourth-order valence-corrected chi connectivity index (χ4v) is 1.86. The van der Waals surface area contributed by atoms with Crippen LogP contribution in [-0.4, -0.2) is 5.78 Å². The molecule has 2 rings (SSSR count). The molecule has 0 saturated carbocycles. The number of carbonyl (C=O) groups is 1. The van der Waals surface area contributed by atoms with Crippen LogP contribution in [0.4, 0.5) is 0 Å². The Morgan fingerprint density at radius 3 is 2.82 bits per heavy atom. The third kappa shape index (κ3) is 1.15. The highest BCUT2D eigenvalue weighted by atomic mass is 16.1. The molecule has 0 spiro atoms. The maximum atomic E-state index is 11.3. The van der Waals surface area contributed by atoms with Crippen LogP contribution in [0.3, 0.4) is 0 Å². The van der Waals surface area contributed by atoms with Crippen molar-refractivity contribution in [2.75, 3.05) is 0 Å². The van der Waals surface area contributed by atoms with E-state index >= 15 is 0 Å². The second kappa shape index (κ2) is 2.65. The van der Waals surface area contributed by atoms with Crippen LogP contribution in [0.5, 0.6) is 0 Å². The van der Waals surface area contributed by atoms with Gasteiger partial charge in [-0.25, -0.2) is 0 Å². The highest BCUT2D eigenvalue weighted by molar-refractivity contribution is 5.98. The minimum atomic E-state index is 0.363. The van der Waals surface area contributed by atoms with E-state index in [4.69, 9.17) is 0 Å². The van der Waals surface area contributed by atoms with E-state index in [9.17, 15) is 4.79 Å². The van der Waals surface area contributed by atoms with Crippen LogP contribution in [0.2, 0.25) is 0 Å². The average Bonchev–Trinajstić information content (AvgIpc) is 2.06. The van der Waals surface area contributed by atoms with Crippen LogP contribution in [0, 0.1) is 0 Å². The number of hydrogen-bond acceptors (Lipinski definition) is 1. The van der Waals surface area contributed by atoms with Crippen molar-refractivity contribution in [1.29, 1.82) is 0 Å². The third-order valence-electron chi connectivity index (χ3n) is 2.47. The van der Waals surface area contributed by atoms with Crippen molar-refractivity contribution in [3.63, 3.8) is 0 Å². The molecule has 1 nitrogen and oxygen atoms in total. The molecular weight excluding hydrogens is 136 g/mol. The van der Waals surface area contributed by atoms with E-state index in [2.05, 4.69) is 6.08 Å². The zero-order valence-corrected chi connectivity index (χ0v) is 6.60. The molecule has 0 bridgehead atoms. The second-order valence-corrected chi connectivity index (χ2v) is 3.24. The first-order chi connectivity index (χ1) is 5.38. The summed E-state index contributed by atoms with van der Waals surface area (Å²) in [5.74, 6) is 0.363. The molecule has 11 heavy (non-hydrogen) atoms. The quantitative estimate of drug-likeness (QED) is 0.515. The number of ketones is 1. The van der Waals surface area contributed by atoms with Crippen LogP contribution in [0.15, 0.2) is 23.3 Å². The molecule has 2 aliphatic rings. The monoisotopic (exact) mass is 148 g/mol. The maximum Gasteiger partial charge on any atom is 0.162 e. The van der Waals surface area contributed by atoms with Gasteiger partial charge in [-0.1, -0.05) is 12.2 Å². The van der Waals surface area contributed by atoms with E-state index in [1.165, 1.54) is 18.4 Å². The van der Waals surface area contributed by atoms with Crippen molar-refractivity contribution in [3.8, 4) is 0 Å². The van der Waals surface area contributed by atoms with Crippen molar-refractivity contribution in [1.82, 2.24) is 0 Å². The van der Waals surface area contributed by atoms with Crippen molar-refractivity contribution in [2.45, 2.75) is 32.1 Å². The van der Waals surface area contributed by atoms with E-state index in [0.29, 0.717) is 12.2 Å². The molecule has 0 amide bonds. The number of carbonyl (C=O) groups excluding carboxylic acids is 1. The second-order valence-electron chi connectivity index (χ2n) is 3.24. The van der Waals surface area contributed by atoms with E-state index in [0.717, 1.165) is 18.4 Å². The standard InChI is InChI=1S/C10H12O/c11-10-7-3-5-8-4-1-2-6-9(8)10/h3,5H,1-2,4,6-7H2. The van der Waals surface area contributed by atoms with Gasteiger partial charge < -0.3 is 0 Å². The maximum absolute atomic E-state index is 11.3. The van der Waals surface area contributed by atoms with E-state index in [-0.39, 0.29) is 0 Å². The van der Waals surface area contributed by atoms with Gasteiger partial charge in [0, 0.05) is 6.42 Å². The highest BCUT2D eigenvalue weighted by Gasteiger charge is 2.18. The lowest BCUT2D eigenvalue weighted by Crippen LogP contribution is -2.11. The zero-order valence-electron chi connectivity index (χ0n) is 6.60. The van der Waals surface area contributed by atoms with Gasteiger partial charge in [0.2, 0.25) is 0 Å². The normalized spacial score (nSPS) is 23.8. The summed E-state index contributed by atoms with van der Waals surface area (Å²) in [7, 11) is 0. The molecule has 0 unspecified atom stereocenters. The van der Waals surface area contributed by atoms with Crippen molar-refractivity contribution in [2.24, 2.45) is 0 Å². The molecule has 0 fully saturated rings. The Morgan fingerprint density at radius 1 is 1.18 bits per heavy atom.